The minimum absolute atomic E-state index is 0.107. The molecular weight excluding hydrogens is 398 g/mol. The van der Waals surface area contributed by atoms with Gasteiger partial charge in [0.15, 0.2) is 18.4 Å². The number of nitrogens with zero attached hydrogens (tertiary/aromatic N) is 3. The summed E-state index contributed by atoms with van der Waals surface area (Å²) in [6.45, 7) is 1.95. The van der Waals surface area contributed by atoms with Gasteiger partial charge in [-0.2, -0.15) is 5.10 Å². The molecular formula is C24H22ClN3O2. The maximum Gasteiger partial charge on any atom is 0.172 e. The monoisotopic (exact) mass is 419 g/mol. The number of aromatic nitrogens is 2. The molecule has 6 heteroatoms. The van der Waals surface area contributed by atoms with Crippen LogP contribution in [0.3, 0.4) is 0 Å². The van der Waals surface area contributed by atoms with E-state index in [1.165, 1.54) is 11.1 Å². The molecule has 0 bridgehead atoms. The third-order valence-corrected chi connectivity index (χ3v) is 6.93. The Balaban J connectivity index is 1.43. The summed E-state index contributed by atoms with van der Waals surface area (Å²) in [5.41, 5.74) is 4.62. The van der Waals surface area contributed by atoms with Gasteiger partial charge in [0.2, 0.25) is 0 Å². The van der Waals surface area contributed by atoms with Crippen LogP contribution in [0.2, 0.25) is 5.02 Å². The summed E-state index contributed by atoms with van der Waals surface area (Å²) in [4.78, 5) is 4.73. The van der Waals surface area contributed by atoms with Gasteiger partial charge in [-0.15, -0.1) is 0 Å². The van der Waals surface area contributed by atoms with Crippen molar-refractivity contribution in [1.29, 1.82) is 0 Å². The largest absolute Gasteiger partial charge is 0.323 e. The normalized spacial score (nSPS) is 26.1. The first kappa shape index (κ1) is 18.3. The van der Waals surface area contributed by atoms with Gasteiger partial charge in [0.1, 0.15) is 0 Å². The summed E-state index contributed by atoms with van der Waals surface area (Å²) in [5, 5.41) is 5.53. The highest BCUT2D eigenvalue weighted by molar-refractivity contribution is 6.30. The number of halogens is 1. The summed E-state index contributed by atoms with van der Waals surface area (Å²) in [6.07, 6.45) is 6.16. The van der Waals surface area contributed by atoms with E-state index in [1.54, 1.807) is 0 Å². The third-order valence-electron chi connectivity index (χ3n) is 6.68. The Morgan fingerprint density at radius 1 is 1.03 bits per heavy atom. The molecule has 1 saturated heterocycles. The predicted molar refractivity (Wildman–Crippen MR) is 116 cm³/mol. The SMILES string of the molecule is CC1OC(C2(C3CC=Nc4c(-c5ccc(Cl)cc5)cnn43)Cc3ccccc3C2)O1. The van der Waals surface area contributed by atoms with Crippen molar-refractivity contribution in [1.82, 2.24) is 9.78 Å². The van der Waals surface area contributed by atoms with Crippen molar-refractivity contribution in [3.8, 4) is 11.1 Å². The second kappa shape index (κ2) is 6.77. The standard InChI is InChI=1S/C24H22ClN3O2/c1-15-29-23(30-15)24(12-17-4-2-3-5-18(17)13-24)21-10-11-26-22-20(14-27-28(21)22)16-6-8-19(25)9-7-16/h2-9,11,14-15,21,23H,10,12-13H2,1H3. The molecule has 2 aromatic carbocycles. The van der Waals surface area contributed by atoms with Gasteiger partial charge in [0, 0.05) is 23.2 Å². The summed E-state index contributed by atoms with van der Waals surface area (Å²) in [6, 6.07) is 16.6. The Bertz CT molecular complexity index is 1110. The summed E-state index contributed by atoms with van der Waals surface area (Å²) >= 11 is 6.08. The highest BCUT2D eigenvalue weighted by Crippen LogP contribution is 2.54. The molecule has 1 aliphatic carbocycles. The lowest BCUT2D eigenvalue weighted by molar-refractivity contribution is -0.415. The molecule has 0 spiro atoms. The van der Waals surface area contributed by atoms with E-state index in [4.69, 9.17) is 31.2 Å². The lowest BCUT2D eigenvalue weighted by Crippen LogP contribution is -2.55. The van der Waals surface area contributed by atoms with Crippen LogP contribution in [-0.4, -0.2) is 28.6 Å². The molecule has 1 unspecified atom stereocenters. The van der Waals surface area contributed by atoms with E-state index in [9.17, 15) is 0 Å². The van der Waals surface area contributed by atoms with E-state index in [-0.39, 0.29) is 24.0 Å². The molecule has 1 atom stereocenters. The Morgan fingerprint density at radius 2 is 1.73 bits per heavy atom. The minimum Gasteiger partial charge on any atom is -0.323 e. The quantitative estimate of drug-likeness (QED) is 0.574. The fourth-order valence-corrected chi connectivity index (χ4v) is 5.35. The number of hydrogen-bond acceptors (Lipinski definition) is 4. The Labute approximate surface area is 180 Å². The van der Waals surface area contributed by atoms with Crippen LogP contribution in [0.25, 0.3) is 11.1 Å². The second-order valence-electron chi connectivity index (χ2n) is 8.42. The first-order valence-electron chi connectivity index (χ1n) is 10.4. The molecule has 3 heterocycles. The fraction of sp³-hybridized carbons (Fsp3) is 0.333. The van der Waals surface area contributed by atoms with Crippen molar-refractivity contribution in [2.45, 2.75) is 44.8 Å². The van der Waals surface area contributed by atoms with Crippen LogP contribution in [0, 0.1) is 5.41 Å². The van der Waals surface area contributed by atoms with Crippen molar-refractivity contribution in [3.63, 3.8) is 0 Å². The molecule has 0 radical (unpaired) electrons. The van der Waals surface area contributed by atoms with Crippen molar-refractivity contribution < 1.29 is 9.47 Å². The molecule has 0 saturated carbocycles. The maximum atomic E-state index is 6.11. The molecule has 5 nitrogen and oxygen atoms in total. The van der Waals surface area contributed by atoms with Gasteiger partial charge >= 0.3 is 0 Å². The van der Waals surface area contributed by atoms with E-state index in [2.05, 4.69) is 28.9 Å². The van der Waals surface area contributed by atoms with E-state index in [1.807, 2.05) is 43.6 Å². The average Bonchev–Trinajstić information content (AvgIpc) is 3.34. The molecule has 1 fully saturated rings. The van der Waals surface area contributed by atoms with Crippen LogP contribution >= 0.6 is 11.6 Å². The number of hydrogen-bond donors (Lipinski definition) is 0. The van der Waals surface area contributed by atoms with Gasteiger partial charge in [-0.3, -0.25) is 0 Å². The zero-order chi connectivity index (χ0) is 20.3. The lowest BCUT2D eigenvalue weighted by atomic mass is 9.74. The van der Waals surface area contributed by atoms with Gasteiger partial charge in [0.25, 0.3) is 0 Å². The molecule has 0 amide bonds. The molecule has 30 heavy (non-hydrogen) atoms. The first-order chi connectivity index (χ1) is 14.6. The van der Waals surface area contributed by atoms with Gasteiger partial charge in [0.05, 0.1) is 17.7 Å². The van der Waals surface area contributed by atoms with Crippen molar-refractivity contribution in [2.75, 3.05) is 0 Å². The van der Waals surface area contributed by atoms with E-state index >= 15 is 0 Å². The minimum atomic E-state index is -0.243. The summed E-state index contributed by atoms with van der Waals surface area (Å²) in [7, 11) is 0. The summed E-state index contributed by atoms with van der Waals surface area (Å²) < 4.78 is 14.3. The van der Waals surface area contributed by atoms with E-state index < -0.39 is 0 Å². The highest BCUT2D eigenvalue weighted by Gasteiger charge is 2.56. The van der Waals surface area contributed by atoms with E-state index in [0.29, 0.717) is 0 Å². The van der Waals surface area contributed by atoms with Crippen molar-refractivity contribution in [3.05, 3.63) is 70.9 Å². The molecule has 0 N–H and O–H groups in total. The van der Waals surface area contributed by atoms with Crippen molar-refractivity contribution >= 4 is 23.6 Å². The van der Waals surface area contributed by atoms with Crippen LogP contribution in [0.4, 0.5) is 5.82 Å². The molecule has 2 aliphatic heterocycles. The zero-order valence-electron chi connectivity index (χ0n) is 16.7. The molecule has 6 rings (SSSR count). The van der Waals surface area contributed by atoms with Crippen LogP contribution in [0.1, 0.15) is 30.5 Å². The number of benzene rings is 2. The van der Waals surface area contributed by atoms with Gasteiger partial charge in [-0.05, 0) is 48.6 Å². The number of rotatable bonds is 3. The average molecular weight is 420 g/mol. The van der Waals surface area contributed by atoms with Crippen molar-refractivity contribution in [2.24, 2.45) is 10.4 Å². The van der Waals surface area contributed by atoms with Crippen LogP contribution in [0.15, 0.2) is 59.7 Å². The lowest BCUT2D eigenvalue weighted by Gasteiger charge is -2.49. The third kappa shape index (κ3) is 2.69. The molecule has 1 aromatic heterocycles. The highest BCUT2D eigenvalue weighted by atomic mass is 35.5. The summed E-state index contributed by atoms with van der Waals surface area (Å²) in [5.74, 6) is 0.885. The fourth-order valence-electron chi connectivity index (χ4n) is 5.23. The number of fused-ring (bicyclic) bond motifs is 2. The predicted octanol–water partition coefficient (Wildman–Crippen LogP) is 5.35. The Morgan fingerprint density at radius 3 is 2.40 bits per heavy atom. The zero-order valence-corrected chi connectivity index (χ0v) is 17.4. The van der Waals surface area contributed by atoms with Crippen LogP contribution in [-0.2, 0) is 22.3 Å². The number of ether oxygens (including phenoxy) is 2. The molecule has 152 valence electrons. The topological polar surface area (TPSA) is 48.6 Å². The van der Waals surface area contributed by atoms with Crippen LogP contribution < -0.4 is 0 Å². The van der Waals surface area contributed by atoms with Gasteiger partial charge in [-0.25, -0.2) is 9.67 Å². The van der Waals surface area contributed by atoms with Crippen LogP contribution in [0.5, 0.6) is 0 Å². The van der Waals surface area contributed by atoms with E-state index in [0.717, 1.165) is 41.2 Å². The molecule has 3 aliphatic rings. The Kier molecular flexibility index (Phi) is 4.13. The number of aliphatic imine (C=N–C) groups is 1. The first-order valence-corrected chi connectivity index (χ1v) is 10.8. The van der Waals surface area contributed by atoms with Gasteiger partial charge in [-0.1, -0.05) is 48.0 Å². The second-order valence-corrected chi connectivity index (χ2v) is 8.86. The maximum absolute atomic E-state index is 6.11. The Hall–Kier alpha value is -2.47. The van der Waals surface area contributed by atoms with Gasteiger partial charge < -0.3 is 9.47 Å². The molecule has 3 aromatic rings. The smallest absolute Gasteiger partial charge is 0.172 e.